The number of hydrogen-bond acceptors (Lipinski definition) is 5. The summed E-state index contributed by atoms with van der Waals surface area (Å²) in [6.07, 6.45) is 4.71. The summed E-state index contributed by atoms with van der Waals surface area (Å²) in [5.74, 6) is -0.0535. The third-order valence-corrected chi connectivity index (χ3v) is 5.93. The van der Waals surface area contributed by atoms with Gasteiger partial charge in [-0.1, -0.05) is 60.7 Å². The molecule has 1 saturated heterocycles. The lowest BCUT2D eigenvalue weighted by Crippen LogP contribution is -2.49. The zero-order valence-corrected chi connectivity index (χ0v) is 19.1. The number of rotatable bonds is 8. The van der Waals surface area contributed by atoms with Crippen LogP contribution < -0.4 is 10.9 Å². The van der Waals surface area contributed by atoms with Crippen LogP contribution in [0.25, 0.3) is 6.08 Å². The fraction of sp³-hybridized carbons (Fsp3) is 0.259. The summed E-state index contributed by atoms with van der Waals surface area (Å²) in [6.45, 7) is 4.28. The Morgan fingerprint density at radius 3 is 2.09 bits per heavy atom. The van der Waals surface area contributed by atoms with Crippen molar-refractivity contribution in [1.29, 1.82) is 0 Å². The second kappa shape index (κ2) is 12.0. The molecule has 1 fully saturated rings. The van der Waals surface area contributed by atoms with Gasteiger partial charge in [0.25, 0.3) is 5.91 Å². The van der Waals surface area contributed by atoms with Gasteiger partial charge in [0, 0.05) is 45.2 Å². The minimum Gasteiger partial charge on any atom is -0.465 e. The number of hydrazine groups is 1. The summed E-state index contributed by atoms with van der Waals surface area (Å²) in [5.41, 5.74) is 7.44. The Morgan fingerprint density at radius 2 is 1.50 bits per heavy atom. The van der Waals surface area contributed by atoms with Gasteiger partial charge < -0.3 is 9.32 Å². The monoisotopic (exact) mass is 458 g/mol. The number of furan rings is 1. The molecular weight excluding hydrogens is 428 g/mol. The van der Waals surface area contributed by atoms with Gasteiger partial charge in [-0.25, -0.2) is 0 Å². The van der Waals surface area contributed by atoms with E-state index < -0.39 is 5.91 Å². The van der Waals surface area contributed by atoms with Gasteiger partial charge in [-0.2, -0.15) is 0 Å². The standard InChI is InChI=1S/C27H30N4O3/c32-25(14-13-24-12-7-21-34-24)28-29-26(33)15-16-30-17-19-31(20-18-30)27(22-8-3-1-4-9-22)23-10-5-2-6-11-23/h1-14,21,27H,15-20H2,(H,28,32)(H,29,33). The summed E-state index contributed by atoms with van der Waals surface area (Å²) in [6, 6.07) is 24.9. The zero-order valence-electron chi connectivity index (χ0n) is 19.1. The molecule has 3 aromatic rings. The molecule has 34 heavy (non-hydrogen) atoms. The molecule has 0 radical (unpaired) electrons. The van der Waals surface area contributed by atoms with Crippen LogP contribution in [0, 0.1) is 0 Å². The number of carbonyl (C=O) groups is 2. The first-order chi connectivity index (χ1) is 16.7. The van der Waals surface area contributed by atoms with Crippen LogP contribution in [0.4, 0.5) is 0 Å². The summed E-state index contributed by atoms with van der Waals surface area (Å²) in [7, 11) is 0. The van der Waals surface area contributed by atoms with E-state index in [-0.39, 0.29) is 11.9 Å². The van der Waals surface area contributed by atoms with Crippen molar-refractivity contribution >= 4 is 17.9 Å². The molecule has 2 N–H and O–H groups in total. The van der Waals surface area contributed by atoms with Crippen LogP contribution in [0.15, 0.2) is 89.6 Å². The molecule has 2 heterocycles. The average molecular weight is 459 g/mol. The Kier molecular flexibility index (Phi) is 8.27. The molecule has 4 rings (SSSR count). The molecule has 0 aliphatic carbocycles. The number of benzene rings is 2. The SMILES string of the molecule is O=C(C=Cc1ccco1)NNC(=O)CCN1CCN(C(c2ccccc2)c2ccccc2)CC1. The molecule has 1 aromatic heterocycles. The van der Waals surface area contributed by atoms with Gasteiger partial charge >= 0.3 is 0 Å². The normalized spacial score (nSPS) is 15.0. The molecule has 0 bridgehead atoms. The Hall–Kier alpha value is -3.68. The molecule has 2 aromatic carbocycles. The molecular formula is C27H30N4O3. The molecule has 2 amide bonds. The smallest absolute Gasteiger partial charge is 0.262 e. The topological polar surface area (TPSA) is 77.8 Å². The molecule has 0 unspecified atom stereocenters. The van der Waals surface area contributed by atoms with E-state index in [0.29, 0.717) is 18.7 Å². The number of carbonyl (C=O) groups excluding carboxylic acids is 2. The lowest BCUT2D eigenvalue weighted by molar-refractivity contribution is -0.127. The fourth-order valence-corrected chi connectivity index (χ4v) is 4.17. The third kappa shape index (κ3) is 6.66. The van der Waals surface area contributed by atoms with Crippen molar-refractivity contribution in [2.45, 2.75) is 12.5 Å². The molecule has 7 nitrogen and oxygen atoms in total. The average Bonchev–Trinajstić information content (AvgIpc) is 3.41. The van der Waals surface area contributed by atoms with E-state index in [1.54, 1.807) is 18.2 Å². The predicted molar refractivity (Wildman–Crippen MR) is 131 cm³/mol. The van der Waals surface area contributed by atoms with Gasteiger partial charge in [-0.3, -0.25) is 25.3 Å². The van der Waals surface area contributed by atoms with Gasteiger partial charge in [-0.15, -0.1) is 0 Å². The fourth-order valence-electron chi connectivity index (χ4n) is 4.17. The number of amides is 2. The molecule has 1 aliphatic heterocycles. The Bertz CT molecular complexity index is 1020. The minimum absolute atomic E-state index is 0.214. The number of hydrogen-bond donors (Lipinski definition) is 2. The summed E-state index contributed by atoms with van der Waals surface area (Å²) in [5, 5.41) is 0. The van der Waals surface area contributed by atoms with E-state index in [1.165, 1.54) is 23.5 Å². The van der Waals surface area contributed by atoms with Crippen LogP contribution in [-0.4, -0.2) is 54.3 Å². The second-order valence-corrected chi connectivity index (χ2v) is 8.24. The lowest BCUT2D eigenvalue weighted by Gasteiger charge is -2.39. The Labute approximate surface area is 200 Å². The van der Waals surface area contributed by atoms with E-state index in [4.69, 9.17) is 4.42 Å². The number of nitrogens with zero attached hydrogens (tertiary/aromatic N) is 2. The maximum Gasteiger partial charge on any atom is 0.262 e. The van der Waals surface area contributed by atoms with Crippen molar-refractivity contribution in [3.8, 4) is 0 Å². The van der Waals surface area contributed by atoms with Crippen LogP contribution in [-0.2, 0) is 9.59 Å². The van der Waals surface area contributed by atoms with Gasteiger partial charge in [0.05, 0.1) is 12.3 Å². The predicted octanol–water partition coefficient (Wildman–Crippen LogP) is 3.24. The van der Waals surface area contributed by atoms with Crippen LogP contribution in [0.2, 0.25) is 0 Å². The first-order valence-electron chi connectivity index (χ1n) is 11.6. The lowest BCUT2D eigenvalue weighted by atomic mass is 9.96. The summed E-state index contributed by atoms with van der Waals surface area (Å²) < 4.78 is 5.12. The Balaban J connectivity index is 1.22. The summed E-state index contributed by atoms with van der Waals surface area (Å²) >= 11 is 0. The van der Waals surface area contributed by atoms with Crippen molar-refractivity contribution in [2.75, 3.05) is 32.7 Å². The van der Waals surface area contributed by atoms with E-state index in [0.717, 1.165) is 26.2 Å². The highest BCUT2D eigenvalue weighted by Gasteiger charge is 2.26. The highest BCUT2D eigenvalue weighted by atomic mass is 16.3. The molecule has 0 spiro atoms. The molecule has 0 atom stereocenters. The highest BCUT2D eigenvalue weighted by Crippen LogP contribution is 2.29. The van der Waals surface area contributed by atoms with Crippen molar-refractivity contribution in [3.05, 3.63) is 102 Å². The molecule has 1 aliphatic rings. The third-order valence-electron chi connectivity index (χ3n) is 5.93. The molecule has 176 valence electrons. The van der Waals surface area contributed by atoms with Gasteiger partial charge in [0.2, 0.25) is 5.91 Å². The van der Waals surface area contributed by atoms with E-state index >= 15 is 0 Å². The zero-order chi connectivity index (χ0) is 23.6. The van der Waals surface area contributed by atoms with Gasteiger partial charge in [0.15, 0.2) is 0 Å². The van der Waals surface area contributed by atoms with Crippen LogP contribution in [0.5, 0.6) is 0 Å². The minimum atomic E-state index is -0.411. The van der Waals surface area contributed by atoms with Crippen LogP contribution in [0.1, 0.15) is 29.3 Å². The first kappa shape index (κ1) is 23.5. The second-order valence-electron chi connectivity index (χ2n) is 8.24. The maximum absolute atomic E-state index is 12.2. The van der Waals surface area contributed by atoms with E-state index in [1.807, 2.05) is 12.1 Å². The highest BCUT2D eigenvalue weighted by molar-refractivity contribution is 5.92. The van der Waals surface area contributed by atoms with Crippen LogP contribution >= 0.6 is 0 Å². The van der Waals surface area contributed by atoms with Crippen LogP contribution in [0.3, 0.4) is 0 Å². The first-order valence-corrected chi connectivity index (χ1v) is 11.6. The maximum atomic E-state index is 12.2. The Morgan fingerprint density at radius 1 is 0.853 bits per heavy atom. The van der Waals surface area contributed by atoms with Gasteiger partial charge in [-0.05, 0) is 29.3 Å². The summed E-state index contributed by atoms with van der Waals surface area (Å²) in [4.78, 5) is 28.8. The quantitative estimate of drug-likeness (QED) is 0.400. The van der Waals surface area contributed by atoms with Crippen molar-refractivity contribution in [2.24, 2.45) is 0 Å². The van der Waals surface area contributed by atoms with E-state index in [9.17, 15) is 9.59 Å². The van der Waals surface area contributed by atoms with Crippen molar-refractivity contribution in [1.82, 2.24) is 20.7 Å². The van der Waals surface area contributed by atoms with Crippen molar-refractivity contribution in [3.63, 3.8) is 0 Å². The molecule has 0 saturated carbocycles. The van der Waals surface area contributed by atoms with E-state index in [2.05, 4.69) is 69.2 Å². The molecule has 7 heteroatoms. The van der Waals surface area contributed by atoms with Gasteiger partial charge in [0.1, 0.15) is 5.76 Å². The number of piperazine rings is 1. The van der Waals surface area contributed by atoms with Crippen molar-refractivity contribution < 1.29 is 14.0 Å². The number of nitrogens with one attached hydrogen (secondary N) is 2. The largest absolute Gasteiger partial charge is 0.465 e.